The summed E-state index contributed by atoms with van der Waals surface area (Å²) in [6.45, 7) is 6.67. The van der Waals surface area contributed by atoms with Crippen molar-refractivity contribution in [3.8, 4) is 0 Å². The molecule has 1 saturated carbocycles. The maximum Gasteiger partial charge on any atom is 0.275 e. The van der Waals surface area contributed by atoms with E-state index >= 15 is 0 Å². The Labute approximate surface area is 148 Å². The number of rotatable bonds is 3. The van der Waals surface area contributed by atoms with Crippen molar-refractivity contribution in [2.75, 3.05) is 0 Å². The van der Waals surface area contributed by atoms with Crippen molar-refractivity contribution in [1.29, 1.82) is 0 Å². The van der Waals surface area contributed by atoms with Gasteiger partial charge in [-0.25, -0.2) is 4.68 Å². The second-order valence-corrected chi connectivity index (χ2v) is 8.13. The molecule has 1 fully saturated rings. The van der Waals surface area contributed by atoms with Crippen LogP contribution in [0.4, 0.5) is 0 Å². The van der Waals surface area contributed by atoms with E-state index in [-0.39, 0.29) is 29.5 Å². The Balaban J connectivity index is 1.74. The molecule has 1 aromatic heterocycles. The van der Waals surface area contributed by atoms with Crippen molar-refractivity contribution < 1.29 is 4.79 Å². The number of carbonyl (C=O) groups excluding carboxylic acids is 1. The molecule has 1 aromatic carbocycles. The number of benzene rings is 1. The van der Waals surface area contributed by atoms with Gasteiger partial charge in [-0.2, -0.15) is 5.10 Å². The van der Waals surface area contributed by atoms with Crippen LogP contribution in [0.15, 0.2) is 35.3 Å². The quantitative estimate of drug-likeness (QED) is 0.933. The van der Waals surface area contributed by atoms with E-state index in [0.29, 0.717) is 11.3 Å². The number of hydrogen-bond donors (Lipinski definition) is 1. The molecule has 134 valence electrons. The van der Waals surface area contributed by atoms with Crippen LogP contribution >= 0.6 is 0 Å². The molecule has 25 heavy (non-hydrogen) atoms. The number of nitrogens with zero attached hydrogens (tertiary/aromatic N) is 2. The maximum absolute atomic E-state index is 12.5. The number of hydrogen-bond acceptors (Lipinski definition) is 3. The van der Waals surface area contributed by atoms with Crippen molar-refractivity contribution in [2.24, 2.45) is 11.3 Å². The predicted octanol–water partition coefficient (Wildman–Crippen LogP) is 3.12. The highest BCUT2D eigenvalue weighted by Crippen LogP contribution is 2.37. The summed E-state index contributed by atoms with van der Waals surface area (Å²) >= 11 is 0. The van der Waals surface area contributed by atoms with E-state index in [1.54, 1.807) is 12.3 Å². The molecular weight excluding hydrogens is 314 g/mol. The Morgan fingerprint density at radius 3 is 2.72 bits per heavy atom. The molecular formula is C20H27N3O2. The van der Waals surface area contributed by atoms with E-state index in [4.69, 9.17) is 0 Å². The predicted molar refractivity (Wildman–Crippen MR) is 99.3 cm³/mol. The number of aromatic nitrogens is 2. The topological polar surface area (TPSA) is 64.0 Å². The van der Waals surface area contributed by atoms with Crippen LogP contribution in [-0.2, 0) is 11.3 Å². The normalized spacial score (nSPS) is 21.2. The standard InChI is InChI=1S/C20H27N3O2/c1-20(2,3)16-10-6-7-11-17(16)22-18(24)13-23-19(25)15-9-5-4-8-14(15)12-21-23/h4-5,8-9,12,16-17H,6-7,10-11,13H2,1-3H3,(H,22,24). The summed E-state index contributed by atoms with van der Waals surface area (Å²) in [5, 5.41) is 8.70. The van der Waals surface area contributed by atoms with E-state index in [1.165, 1.54) is 11.1 Å². The van der Waals surface area contributed by atoms with Crippen molar-refractivity contribution in [3.63, 3.8) is 0 Å². The average Bonchev–Trinajstić information content (AvgIpc) is 2.57. The third-order valence-corrected chi connectivity index (χ3v) is 5.28. The van der Waals surface area contributed by atoms with Gasteiger partial charge in [0.05, 0.1) is 11.6 Å². The molecule has 1 aliphatic rings. The van der Waals surface area contributed by atoms with Crippen LogP contribution in [0.1, 0.15) is 46.5 Å². The molecule has 2 unspecified atom stereocenters. The van der Waals surface area contributed by atoms with Crippen molar-refractivity contribution in [3.05, 3.63) is 40.8 Å². The Morgan fingerprint density at radius 1 is 1.24 bits per heavy atom. The molecule has 3 rings (SSSR count). The van der Waals surface area contributed by atoms with Crippen LogP contribution in [0.3, 0.4) is 0 Å². The van der Waals surface area contributed by atoms with Crippen LogP contribution in [0.2, 0.25) is 0 Å². The molecule has 2 atom stereocenters. The fraction of sp³-hybridized carbons (Fsp3) is 0.550. The first-order chi connectivity index (χ1) is 11.9. The first-order valence-electron chi connectivity index (χ1n) is 9.10. The summed E-state index contributed by atoms with van der Waals surface area (Å²) in [5.74, 6) is 0.331. The molecule has 1 amide bonds. The Kier molecular flexibility index (Phi) is 4.93. The lowest BCUT2D eigenvalue weighted by Gasteiger charge is -2.40. The monoisotopic (exact) mass is 341 g/mol. The van der Waals surface area contributed by atoms with Crippen molar-refractivity contribution in [2.45, 2.75) is 59.0 Å². The largest absolute Gasteiger partial charge is 0.351 e. The summed E-state index contributed by atoms with van der Waals surface area (Å²) in [6.07, 6.45) is 6.16. The molecule has 1 heterocycles. The molecule has 1 N–H and O–H groups in total. The molecule has 0 radical (unpaired) electrons. The summed E-state index contributed by atoms with van der Waals surface area (Å²) in [5.41, 5.74) is -0.0552. The number of carbonyl (C=O) groups is 1. The SMILES string of the molecule is CC(C)(C)C1CCCCC1NC(=O)Cn1ncc2ccccc2c1=O. The fourth-order valence-electron chi connectivity index (χ4n) is 3.97. The van der Waals surface area contributed by atoms with Crippen molar-refractivity contribution >= 4 is 16.7 Å². The Hall–Kier alpha value is -2.17. The lowest BCUT2D eigenvalue weighted by molar-refractivity contribution is -0.123. The van der Waals surface area contributed by atoms with Crippen LogP contribution in [0.5, 0.6) is 0 Å². The van der Waals surface area contributed by atoms with Crippen LogP contribution in [0.25, 0.3) is 10.8 Å². The summed E-state index contributed by atoms with van der Waals surface area (Å²) in [7, 11) is 0. The Bertz CT molecular complexity index is 820. The number of amides is 1. The average molecular weight is 341 g/mol. The third kappa shape index (κ3) is 3.91. The summed E-state index contributed by atoms with van der Waals surface area (Å²) in [4.78, 5) is 25.0. The van der Waals surface area contributed by atoms with E-state index in [2.05, 4.69) is 31.2 Å². The van der Waals surface area contributed by atoms with Gasteiger partial charge >= 0.3 is 0 Å². The zero-order valence-electron chi connectivity index (χ0n) is 15.3. The number of fused-ring (bicyclic) bond motifs is 1. The van der Waals surface area contributed by atoms with Gasteiger partial charge in [0, 0.05) is 11.4 Å². The van der Waals surface area contributed by atoms with E-state index in [9.17, 15) is 9.59 Å². The summed E-state index contributed by atoms with van der Waals surface area (Å²) < 4.78 is 1.26. The molecule has 0 spiro atoms. The molecule has 5 heteroatoms. The molecule has 1 aliphatic carbocycles. The fourth-order valence-corrected chi connectivity index (χ4v) is 3.97. The minimum atomic E-state index is -0.218. The lowest BCUT2D eigenvalue weighted by atomic mass is 9.69. The Morgan fingerprint density at radius 2 is 1.96 bits per heavy atom. The van der Waals surface area contributed by atoms with Gasteiger partial charge < -0.3 is 5.32 Å². The third-order valence-electron chi connectivity index (χ3n) is 5.28. The molecule has 5 nitrogen and oxygen atoms in total. The number of nitrogens with one attached hydrogen (secondary N) is 1. The van der Waals surface area contributed by atoms with Gasteiger partial charge in [-0.3, -0.25) is 9.59 Å². The van der Waals surface area contributed by atoms with Gasteiger partial charge in [-0.15, -0.1) is 0 Å². The minimum absolute atomic E-state index is 0.0307. The van der Waals surface area contributed by atoms with Crippen LogP contribution in [-0.4, -0.2) is 21.7 Å². The lowest BCUT2D eigenvalue weighted by Crippen LogP contribution is -2.48. The van der Waals surface area contributed by atoms with Crippen LogP contribution in [0, 0.1) is 11.3 Å². The molecule has 2 aromatic rings. The van der Waals surface area contributed by atoms with E-state index in [1.807, 2.05) is 18.2 Å². The van der Waals surface area contributed by atoms with Gasteiger partial charge in [-0.1, -0.05) is 51.8 Å². The molecule has 0 bridgehead atoms. The van der Waals surface area contributed by atoms with Gasteiger partial charge in [0.25, 0.3) is 5.56 Å². The van der Waals surface area contributed by atoms with E-state index < -0.39 is 0 Å². The van der Waals surface area contributed by atoms with Gasteiger partial charge in [0.15, 0.2) is 0 Å². The first kappa shape index (κ1) is 17.6. The zero-order valence-corrected chi connectivity index (χ0v) is 15.3. The van der Waals surface area contributed by atoms with Gasteiger partial charge in [0.2, 0.25) is 5.91 Å². The highest BCUT2D eigenvalue weighted by molar-refractivity contribution is 5.81. The van der Waals surface area contributed by atoms with Crippen LogP contribution < -0.4 is 10.9 Å². The van der Waals surface area contributed by atoms with Gasteiger partial charge in [-0.05, 0) is 30.2 Å². The van der Waals surface area contributed by atoms with Gasteiger partial charge in [0.1, 0.15) is 6.54 Å². The second-order valence-electron chi connectivity index (χ2n) is 8.13. The van der Waals surface area contributed by atoms with E-state index in [0.717, 1.165) is 24.6 Å². The highest BCUT2D eigenvalue weighted by atomic mass is 16.2. The molecule has 0 saturated heterocycles. The zero-order chi connectivity index (χ0) is 18.0. The maximum atomic E-state index is 12.5. The summed E-state index contributed by atoms with van der Waals surface area (Å²) in [6, 6.07) is 7.49. The van der Waals surface area contributed by atoms with Crippen molar-refractivity contribution in [1.82, 2.24) is 15.1 Å². The highest BCUT2D eigenvalue weighted by Gasteiger charge is 2.34. The smallest absolute Gasteiger partial charge is 0.275 e. The first-order valence-corrected chi connectivity index (χ1v) is 9.10. The minimum Gasteiger partial charge on any atom is -0.351 e. The second kappa shape index (κ2) is 6.98. The molecule has 0 aliphatic heterocycles.